The maximum absolute atomic E-state index is 3.38. The van der Waals surface area contributed by atoms with Crippen LogP contribution in [-0.4, -0.2) is 12.1 Å². The first kappa shape index (κ1) is 7.56. The molecule has 1 saturated heterocycles. The van der Waals surface area contributed by atoms with E-state index in [1.54, 1.807) is 0 Å². The van der Waals surface area contributed by atoms with Crippen LogP contribution < -0.4 is 10.9 Å². The van der Waals surface area contributed by atoms with Gasteiger partial charge in [0.2, 0.25) is 0 Å². The molecule has 2 rings (SSSR count). The molecule has 2 nitrogen and oxygen atoms in total. The SMILES string of the molecule is C1CCCC2(CCC1)CNN2. The summed E-state index contributed by atoms with van der Waals surface area (Å²) in [4.78, 5) is 0. The van der Waals surface area contributed by atoms with Gasteiger partial charge in [0.1, 0.15) is 0 Å². The van der Waals surface area contributed by atoms with Gasteiger partial charge in [-0.15, -0.1) is 0 Å². The second kappa shape index (κ2) is 3.11. The third-order valence-corrected chi connectivity index (χ3v) is 3.09. The first-order chi connectivity index (χ1) is 5.41. The number of rotatable bonds is 0. The van der Waals surface area contributed by atoms with Crippen LogP contribution in [0.15, 0.2) is 0 Å². The van der Waals surface area contributed by atoms with Gasteiger partial charge in [-0.3, -0.25) is 10.9 Å². The van der Waals surface area contributed by atoms with Crippen LogP contribution in [0.5, 0.6) is 0 Å². The summed E-state index contributed by atoms with van der Waals surface area (Å²) in [5.74, 6) is 0. The van der Waals surface area contributed by atoms with Crippen molar-refractivity contribution in [3.8, 4) is 0 Å². The van der Waals surface area contributed by atoms with Gasteiger partial charge >= 0.3 is 0 Å². The van der Waals surface area contributed by atoms with Crippen LogP contribution in [0.4, 0.5) is 0 Å². The lowest BCUT2D eigenvalue weighted by Gasteiger charge is -2.45. The molecule has 2 fully saturated rings. The Morgan fingerprint density at radius 1 is 0.818 bits per heavy atom. The highest BCUT2D eigenvalue weighted by molar-refractivity contribution is 4.95. The minimum atomic E-state index is 0.514. The van der Waals surface area contributed by atoms with Crippen molar-refractivity contribution >= 4 is 0 Å². The van der Waals surface area contributed by atoms with Gasteiger partial charge in [-0.1, -0.05) is 32.1 Å². The molecule has 1 spiro atoms. The van der Waals surface area contributed by atoms with Crippen molar-refractivity contribution in [1.29, 1.82) is 0 Å². The lowest BCUT2D eigenvalue weighted by molar-refractivity contribution is 0.122. The fraction of sp³-hybridized carbons (Fsp3) is 1.00. The van der Waals surface area contributed by atoms with Crippen molar-refractivity contribution in [3.05, 3.63) is 0 Å². The monoisotopic (exact) mass is 154 g/mol. The third-order valence-electron chi connectivity index (χ3n) is 3.09. The Labute approximate surface area is 68.7 Å². The molecule has 0 atom stereocenters. The summed E-state index contributed by atoms with van der Waals surface area (Å²) in [5.41, 5.74) is 7.06. The van der Waals surface area contributed by atoms with E-state index in [9.17, 15) is 0 Å². The van der Waals surface area contributed by atoms with Crippen LogP contribution in [0, 0.1) is 0 Å². The second-order valence-corrected chi connectivity index (χ2v) is 4.03. The van der Waals surface area contributed by atoms with Gasteiger partial charge in [0.05, 0.1) is 0 Å². The molecule has 0 amide bonds. The summed E-state index contributed by atoms with van der Waals surface area (Å²) in [7, 11) is 0. The van der Waals surface area contributed by atoms with Crippen molar-refractivity contribution in [2.45, 2.75) is 50.5 Å². The molecule has 11 heavy (non-hydrogen) atoms. The molecule has 1 heterocycles. The summed E-state index contributed by atoms with van der Waals surface area (Å²) < 4.78 is 0. The van der Waals surface area contributed by atoms with Crippen molar-refractivity contribution < 1.29 is 0 Å². The highest BCUT2D eigenvalue weighted by atomic mass is 15.5. The van der Waals surface area contributed by atoms with Crippen molar-refractivity contribution in [2.75, 3.05) is 6.54 Å². The molecular weight excluding hydrogens is 136 g/mol. The first-order valence-corrected chi connectivity index (χ1v) is 4.91. The molecule has 0 aromatic heterocycles. The molecule has 0 bridgehead atoms. The van der Waals surface area contributed by atoms with Gasteiger partial charge in [0.15, 0.2) is 0 Å². The van der Waals surface area contributed by atoms with E-state index in [1.807, 2.05) is 0 Å². The van der Waals surface area contributed by atoms with Crippen molar-refractivity contribution in [1.82, 2.24) is 10.9 Å². The van der Waals surface area contributed by atoms with Crippen LogP contribution in [0.1, 0.15) is 44.9 Å². The van der Waals surface area contributed by atoms with E-state index in [4.69, 9.17) is 0 Å². The van der Waals surface area contributed by atoms with E-state index in [0.717, 1.165) is 0 Å². The Hall–Kier alpha value is -0.0800. The molecule has 0 aromatic rings. The lowest BCUT2D eigenvalue weighted by atomic mass is 9.82. The van der Waals surface area contributed by atoms with Gasteiger partial charge < -0.3 is 0 Å². The van der Waals surface area contributed by atoms with Gasteiger partial charge in [0, 0.05) is 12.1 Å². The number of nitrogens with one attached hydrogen (secondary N) is 2. The molecule has 2 heteroatoms. The number of hydrogen-bond donors (Lipinski definition) is 2. The van der Waals surface area contributed by atoms with Crippen LogP contribution >= 0.6 is 0 Å². The van der Waals surface area contributed by atoms with Crippen molar-refractivity contribution in [3.63, 3.8) is 0 Å². The summed E-state index contributed by atoms with van der Waals surface area (Å²) in [6.07, 6.45) is 9.99. The zero-order chi connectivity index (χ0) is 7.57. The van der Waals surface area contributed by atoms with Crippen LogP contribution in [-0.2, 0) is 0 Å². The van der Waals surface area contributed by atoms with Crippen LogP contribution in [0.25, 0.3) is 0 Å². The molecule has 2 aliphatic rings. The van der Waals surface area contributed by atoms with E-state index in [2.05, 4.69) is 10.9 Å². The summed E-state index contributed by atoms with van der Waals surface area (Å²) in [6, 6.07) is 0. The molecule has 2 N–H and O–H groups in total. The van der Waals surface area contributed by atoms with E-state index in [0.29, 0.717) is 5.54 Å². The molecule has 64 valence electrons. The van der Waals surface area contributed by atoms with E-state index >= 15 is 0 Å². The highest BCUT2D eigenvalue weighted by Crippen LogP contribution is 2.28. The summed E-state index contributed by atoms with van der Waals surface area (Å²) in [5, 5.41) is 0. The van der Waals surface area contributed by atoms with Crippen LogP contribution in [0.3, 0.4) is 0 Å². The van der Waals surface area contributed by atoms with Gasteiger partial charge in [0.25, 0.3) is 0 Å². The van der Waals surface area contributed by atoms with Crippen LogP contribution in [0.2, 0.25) is 0 Å². The standard InChI is InChI=1S/C9H18N2/c1-2-4-6-9(7-5-3-1)8-10-11-9/h10-11H,1-8H2. The minimum Gasteiger partial charge on any atom is -0.255 e. The number of hydrogen-bond acceptors (Lipinski definition) is 2. The third kappa shape index (κ3) is 1.57. The average Bonchev–Trinajstić information content (AvgIpc) is 1.82. The zero-order valence-electron chi connectivity index (χ0n) is 7.16. The fourth-order valence-corrected chi connectivity index (χ4v) is 2.22. The Balaban J connectivity index is 1.86. The Morgan fingerprint density at radius 2 is 1.36 bits per heavy atom. The van der Waals surface area contributed by atoms with Gasteiger partial charge in [-0.2, -0.15) is 0 Å². The predicted octanol–water partition coefficient (Wildman–Crippen LogP) is 1.58. The maximum atomic E-state index is 3.38. The quantitative estimate of drug-likeness (QED) is 0.553. The molecule has 1 aliphatic heterocycles. The Bertz CT molecular complexity index is 120. The van der Waals surface area contributed by atoms with E-state index < -0.39 is 0 Å². The average molecular weight is 154 g/mol. The Morgan fingerprint density at radius 3 is 1.82 bits per heavy atom. The van der Waals surface area contributed by atoms with Gasteiger partial charge in [-0.25, -0.2) is 0 Å². The van der Waals surface area contributed by atoms with Crippen molar-refractivity contribution in [2.24, 2.45) is 0 Å². The van der Waals surface area contributed by atoms with E-state index in [1.165, 1.54) is 51.5 Å². The van der Waals surface area contributed by atoms with E-state index in [-0.39, 0.29) is 0 Å². The summed E-state index contributed by atoms with van der Waals surface area (Å²) in [6.45, 7) is 1.20. The molecule has 0 radical (unpaired) electrons. The minimum absolute atomic E-state index is 0.514. The lowest BCUT2D eigenvalue weighted by Crippen LogP contribution is -2.69. The summed E-state index contributed by atoms with van der Waals surface area (Å²) >= 11 is 0. The maximum Gasteiger partial charge on any atom is 0.0461 e. The fourth-order valence-electron chi connectivity index (χ4n) is 2.22. The second-order valence-electron chi connectivity index (χ2n) is 4.03. The predicted molar refractivity (Wildman–Crippen MR) is 46.2 cm³/mol. The zero-order valence-corrected chi connectivity index (χ0v) is 7.16. The Kier molecular flexibility index (Phi) is 2.14. The highest BCUT2D eigenvalue weighted by Gasteiger charge is 2.35. The van der Waals surface area contributed by atoms with Gasteiger partial charge in [-0.05, 0) is 12.8 Å². The smallest absolute Gasteiger partial charge is 0.0461 e. The largest absolute Gasteiger partial charge is 0.255 e. The molecule has 1 saturated carbocycles. The molecule has 0 aromatic carbocycles. The molecule has 1 aliphatic carbocycles. The molecule has 0 unspecified atom stereocenters. The topological polar surface area (TPSA) is 24.1 Å². The normalized spacial score (nSPS) is 30.5. The first-order valence-electron chi connectivity index (χ1n) is 4.91. The number of hydrazine groups is 1. The molecular formula is C9H18N2.